The van der Waals surface area contributed by atoms with Gasteiger partial charge < -0.3 is 5.11 Å². The highest BCUT2D eigenvalue weighted by molar-refractivity contribution is 9.09. The molecule has 0 aromatic carbocycles. The van der Waals surface area contributed by atoms with E-state index in [9.17, 15) is 0 Å². The highest BCUT2D eigenvalue weighted by atomic mass is 79.9. The molecule has 0 rings (SSSR count). The van der Waals surface area contributed by atoms with Gasteiger partial charge in [0.2, 0.25) is 0 Å². The summed E-state index contributed by atoms with van der Waals surface area (Å²) in [7, 11) is 0.982. The van der Waals surface area contributed by atoms with Crippen molar-refractivity contribution in [2.75, 3.05) is 24.3 Å². The molecular formula is C8H18BrOP. The van der Waals surface area contributed by atoms with Crippen LogP contribution in [-0.4, -0.2) is 29.4 Å². The summed E-state index contributed by atoms with van der Waals surface area (Å²) in [6.07, 6.45) is 7.72. The lowest BCUT2D eigenvalue weighted by Crippen LogP contribution is -1.86. The summed E-state index contributed by atoms with van der Waals surface area (Å²) in [5.41, 5.74) is 0. The van der Waals surface area contributed by atoms with Crippen molar-refractivity contribution in [3.63, 3.8) is 0 Å². The third kappa shape index (κ3) is 10.9. The first kappa shape index (κ1) is 11.9. The molecule has 0 aliphatic rings. The Morgan fingerprint density at radius 2 is 1.73 bits per heavy atom. The molecule has 0 aromatic heterocycles. The summed E-state index contributed by atoms with van der Waals surface area (Å²) in [6.45, 7) is 0.375. The molecule has 0 fully saturated rings. The zero-order valence-corrected chi connectivity index (χ0v) is 9.57. The second-order valence-corrected chi connectivity index (χ2v) is 4.87. The maximum Gasteiger partial charge on any atom is 0.0467 e. The average Bonchev–Trinajstić information content (AvgIpc) is 2.03. The molecule has 1 nitrogen and oxygen atoms in total. The molecule has 0 amide bonds. The zero-order valence-electron chi connectivity index (χ0n) is 6.98. The Morgan fingerprint density at radius 3 is 2.36 bits per heavy atom. The Bertz CT molecular complexity index is 63.1. The Hall–Kier alpha value is 0.870. The van der Waals surface area contributed by atoms with Gasteiger partial charge in [0.15, 0.2) is 0 Å². The van der Waals surface area contributed by atoms with Gasteiger partial charge in [-0.25, -0.2) is 0 Å². The van der Waals surface area contributed by atoms with Crippen molar-refractivity contribution in [1.29, 1.82) is 0 Å². The van der Waals surface area contributed by atoms with Crippen LogP contribution < -0.4 is 0 Å². The van der Waals surface area contributed by atoms with Crippen LogP contribution in [0.25, 0.3) is 0 Å². The van der Waals surface area contributed by atoms with Crippen LogP contribution in [0, 0.1) is 0 Å². The minimum atomic E-state index is 0.375. The zero-order chi connectivity index (χ0) is 8.36. The molecule has 0 aliphatic heterocycles. The van der Waals surface area contributed by atoms with Crippen molar-refractivity contribution < 1.29 is 5.11 Å². The quantitative estimate of drug-likeness (QED) is 0.393. The second-order valence-electron chi connectivity index (χ2n) is 2.58. The standard InChI is InChI=1S/C8H18BrOP/c9-5-3-1-2-4-7-11-8-6-10/h10-11H,1-8H2. The van der Waals surface area contributed by atoms with Gasteiger partial charge in [0.25, 0.3) is 0 Å². The third-order valence-corrected chi connectivity index (χ3v) is 3.37. The topological polar surface area (TPSA) is 20.2 Å². The summed E-state index contributed by atoms with van der Waals surface area (Å²) in [4.78, 5) is 0. The molecule has 1 N–H and O–H groups in total. The number of hydrogen-bond acceptors (Lipinski definition) is 1. The van der Waals surface area contributed by atoms with E-state index in [2.05, 4.69) is 15.9 Å². The fourth-order valence-electron chi connectivity index (χ4n) is 0.902. The van der Waals surface area contributed by atoms with Gasteiger partial charge in [-0.2, -0.15) is 0 Å². The van der Waals surface area contributed by atoms with Crippen molar-refractivity contribution in [1.82, 2.24) is 0 Å². The van der Waals surface area contributed by atoms with E-state index < -0.39 is 0 Å². The molecule has 1 unspecified atom stereocenters. The number of unbranched alkanes of at least 4 members (excludes halogenated alkanes) is 3. The minimum Gasteiger partial charge on any atom is -0.396 e. The molecule has 68 valence electrons. The minimum absolute atomic E-state index is 0.375. The first-order chi connectivity index (χ1) is 5.41. The molecule has 0 radical (unpaired) electrons. The van der Waals surface area contributed by atoms with E-state index in [1.165, 1.54) is 31.8 Å². The summed E-state index contributed by atoms with van der Waals surface area (Å²) >= 11 is 3.41. The Labute approximate surface area is 79.9 Å². The van der Waals surface area contributed by atoms with Crippen LogP contribution in [0.4, 0.5) is 0 Å². The summed E-state index contributed by atoms with van der Waals surface area (Å²) in [5, 5.41) is 9.65. The van der Waals surface area contributed by atoms with Crippen molar-refractivity contribution in [3.8, 4) is 0 Å². The number of hydrogen-bond donors (Lipinski definition) is 1. The largest absolute Gasteiger partial charge is 0.396 e. The fraction of sp³-hybridized carbons (Fsp3) is 1.00. The predicted molar refractivity (Wildman–Crippen MR) is 57.4 cm³/mol. The molecular weight excluding hydrogens is 223 g/mol. The van der Waals surface area contributed by atoms with Crippen LogP contribution in [0.3, 0.4) is 0 Å². The van der Waals surface area contributed by atoms with Crippen molar-refractivity contribution in [2.45, 2.75) is 25.7 Å². The lowest BCUT2D eigenvalue weighted by atomic mass is 10.2. The summed E-state index contributed by atoms with van der Waals surface area (Å²) in [5.74, 6) is 0. The normalized spacial score (nSPS) is 11.5. The maximum atomic E-state index is 8.51. The molecule has 0 bridgehead atoms. The molecule has 0 saturated heterocycles. The van der Waals surface area contributed by atoms with Gasteiger partial charge in [0, 0.05) is 11.9 Å². The van der Waals surface area contributed by atoms with Crippen molar-refractivity contribution in [2.24, 2.45) is 0 Å². The maximum absolute atomic E-state index is 8.51. The summed E-state index contributed by atoms with van der Waals surface area (Å²) in [6, 6.07) is 0. The molecule has 1 atom stereocenters. The lowest BCUT2D eigenvalue weighted by Gasteiger charge is -1.98. The molecule has 0 aromatic rings. The molecule has 0 saturated carbocycles. The first-order valence-corrected chi connectivity index (χ1v) is 6.83. The SMILES string of the molecule is OCCPCCCCCCBr. The van der Waals surface area contributed by atoms with E-state index in [1.807, 2.05) is 0 Å². The van der Waals surface area contributed by atoms with Crippen LogP contribution in [0.1, 0.15) is 25.7 Å². The van der Waals surface area contributed by atoms with Gasteiger partial charge in [0.1, 0.15) is 0 Å². The fourth-order valence-corrected chi connectivity index (χ4v) is 2.21. The van der Waals surface area contributed by atoms with Crippen LogP contribution in [0.5, 0.6) is 0 Å². The highest BCUT2D eigenvalue weighted by Crippen LogP contribution is 2.13. The second kappa shape index (κ2) is 10.9. The van der Waals surface area contributed by atoms with Crippen LogP contribution in [-0.2, 0) is 0 Å². The van der Waals surface area contributed by atoms with E-state index in [0.717, 1.165) is 20.1 Å². The Morgan fingerprint density at radius 1 is 1.00 bits per heavy atom. The Kier molecular flexibility index (Phi) is 11.7. The molecule has 0 aliphatic carbocycles. The van der Waals surface area contributed by atoms with Crippen LogP contribution in [0.15, 0.2) is 0 Å². The first-order valence-electron chi connectivity index (χ1n) is 4.29. The van der Waals surface area contributed by atoms with E-state index in [1.54, 1.807) is 0 Å². The van der Waals surface area contributed by atoms with Gasteiger partial charge >= 0.3 is 0 Å². The monoisotopic (exact) mass is 240 g/mol. The van der Waals surface area contributed by atoms with Gasteiger partial charge in [-0.3, -0.25) is 0 Å². The Balaban J connectivity index is 2.69. The third-order valence-electron chi connectivity index (χ3n) is 1.53. The van der Waals surface area contributed by atoms with Gasteiger partial charge in [-0.05, 0) is 25.2 Å². The number of aliphatic hydroxyl groups excluding tert-OH is 1. The number of aliphatic hydroxyl groups is 1. The average molecular weight is 241 g/mol. The number of rotatable bonds is 8. The van der Waals surface area contributed by atoms with Gasteiger partial charge in [-0.15, -0.1) is 8.58 Å². The van der Waals surface area contributed by atoms with Crippen LogP contribution >= 0.6 is 24.5 Å². The number of alkyl halides is 1. The smallest absolute Gasteiger partial charge is 0.0467 e. The molecule has 11 heavy (non-hydrogen) atoms. The number of halogens is 1. The molecule has 0 heterocycles. The van der Waals surface area contributed by atoms with Crippen LogP contribution in [0.2, 0.25) is 0 Å². The molecule has 3 heteroatoms. The highest BCUT2D eigenvalue weighted by Gasteiger charge is 1.89. The van der Waals surface area contributed by atoms with E-state index >= 15 is 0 Å². The van der Waals surface area contributed by atoms with E-state index in [-0.39, 0.29) is 0 Å². The van der Waals surface area contributed by atoms with Gasteiger partial charge in [-0.1, -0.05) is 28.8 Å². The summed E-state index contributed by atoms with van der Waals surface area (Å²) < 4.78 is 0. The predicted octanol–water partition coefficient (Wildman–Crippen LogP) is 2.61. The van der Waals surface area contributed by atoms with E-state index in [0.29, 0.717) is 6.61 Å². The van der Waals surface area contributed by atoms with Crippen molar-refractivity contribution >= 4 is 24.5 Å². The van der Waals surface area contributed by atoms with Gasteiger partial charge in [0.05, 0.1) is 0 Å². The van der Waals surface area contributed by atoms with Crippen molar-refractivity contribution in [3.05, 3.63) is 0 Å². The van der Waals surface area contributed by atoms with E-state index in [4.69, 9.17) is 5.11 Å². The lowest BCUT2D eigenvalue weighted by molar-refractivity contribution is 0.322. The molecule has 0 spiro atoms.